The number of ketones is 1. The van der Waals surface area contributed by atoms with Crippen LogP contribution in [0.5, 0.6) is 11.5 Å². The van der Waals surface area contributed by atoms with Crippen LogP contribution in [-0.2, 0) is 4.74 Å². The van der Waals surface area contributed by atoms with E-state index in [0.717, 1.165) is 31.2 Å². The third-order valence-corrected chi connectivity index (χ3v) is 7.88. The molecular formula is C25H26O5. The largest absolute Gasteiger partial charge is 0.508 e. The molecule has 0 aromatic heterocycles. The van der Waals surface area contributed by atoms with Gasteiger partial charge in [-0.15, -0.1) is 0 Å². The maximum atomic E-state index is 12.8. The molecule has 0 bridgehead atoms. The number of phenols is 2. The lowest BCUT2D eigenvalue weighted by atomic mass is 9.55. The minimum absolute atomic E-state index is 0.0661. The number of phenolic OH excluding ortho intramolecular Hbond substituents is 2. The molecule has 0 spiro atoms. The maximum Gasteiger partial charge on any atom is 0.342 e. The monoisotopic (exact) mass is 406 g/mol. The van der Waals surface area contributed by atoms with Gasteiger partial charge in [-0.25, -0.2) is 4.79 Å². The highest BCUT2D eigenvalue weighted by molar-refractivity contribution is 5.99. The lowest BCUT2D eigenvalue weighted by molar-refractivity contribution is -0.0416. The lowest BCUT2D eigenvalue weighted by Gasteiger charge is -2.50. The third-order valence-electron chi connectivity index (χ3n) is 7.88. The molecule has 5 heteroatoms. The summed E-state index contributed by atoms with van der Waals surface area (Å²) in [7, 11) is 0. The summed E-state index contributed by atoms with van der Waals surface area (Å²) in [6, 6.07) is 11.6. The van der Waals surface area contributed by atoms with E-state index in [1.54, 1.807) is 30.3 Å². The predicted molar refractivity (Wildman–Crippen MR) is 111 cm³/mol. The quantitative estimate of drug-likeness (QED) is 0.699. The molecule has 156 valence electrons. The van der Waals surface area contributed by atoms with E-state index in [0.29, 0.717) is 23.8 Å². The molecule has 30 heavy (non-hydrogen) atoms. The molecule has 0 amide bonds. The van der Waals surface area contributed by atoms with Crippen LogP contribution in [-0.4, -0.2) is 28.1 Å². The first kappa shape index (κ1) is 19.2. The number of esters is 1. The summed E-state index contributed by atoms with van der Waals surface area (Å²) in [6.07, 6.45) is 3.84. The minimum Gasteiger partial charge on any atom is -0.508 e. The van der Waals surface area contributed by atoms with Crippen LogP contribution >= 0.6 is 0 Å². The highest BCUT2D eigenvalue weighted by Gasteiger charge is 2.57. The van der Waals surface area contributed by atoms with E-state index >= 15 is 0 Å². The molecule has 2 aromatic rings. The van der Waals surface area contributed by atoms with Crippen molar-refractivity contribution >= 4 is 11.8 Å². The fourth-order valence-corrected chi connectivity index (χ4v) is 6.38. The first-order valence-corrected chi connectivity index (χ1v) is 10.7. The normalized spacial score (nSPS) is 32.1. The molecule has 2 saturated carbocycles. The molecule has 0 radical (unpaired) electrons. The Bertz CT molecular complexity index is 1030. The van der Waals surface area contributed by atoms with Gasteiger partial charge in [0.1, 0.15) is 23.2 Å². The van der Waals surface area contributed by atoms with Gasteiger partial charge < -0.3 is 14.9 Å². The smallest absolute Gasteiger partial charge is 0.342 e. The van der Waals surface area contributed by atoms with Gasteiger partial charge in [0.2, 0.25) is 0 Å². The standard InChI is InChI=1S/C25H26O5/c1-25-11-10-16-15-7-6-14(26)12-19(15)22(28)13-18(16)20(25)8-9-23(25)30-24(29)17-4-2-3-5-21(17)27/h2-7,12,16,18,20,23,26-27H,8-11,13H2,1H3/t16-,18-,20+,23+,25+/m1/s1. The average molecular weight is 406 g/mol. The van der Waals surface area contributed by atoms with Gasteiger partial charge in [-0.2, -0.15) is 0 Å². The molecular weight excluding hydrogens is 380 g/mol. The molecule has 5 atom stereocenters. The van der Waals surface area contributed by atoms with Crippen molar-refractivity contribution in [2.45, 2.75) is 51.0 Å². The van der Waals surface area contributed by atoms with Gasteiger partial charge in [0, 0.05) is 17.4 Å². The second-order valence-electron chi connectivity index (χ2n) is 9.31. The zero-order valence-corrected chi connectivity index (χ0v) is 17.0. The summed E-state index contributed by atoms with van der Waals surface area (Å²) in [6.45, 7) is 2.19. The van der Waals surface area contributed by atoms with Crippen LogP contribution in [0.4, 0.5) is 0 Å². The van der Waals surface area contributed by atoms with Crippen LogP contribution in [0.25, 0.3) is 0 Å². The summed E-state index contributed by atoms with van der Waals surface area (Å²) < 4.78 is 5.93. The van der Waals surface area contributed by atoms with Crippen LogP contribution < -0.4 is 0 Å². The van der Waals surface area contributed by atoms with Gasteiger partial charge >= 0.3 is 5.97 Å². The van der Waals surface area contributed by atoms with Gasteiger partial charge in [-0.3, -0.25) is 4.79 Å². The Kier molecular flexibility index (Phi) is 4.38. The molecule has 3 aliphatic carbocycles. The first-order chi connectivity index (χ1) is 14.4. The molecule has 2 N–H and O–H groups in total. The zero-order valence-electron chi connectivity index (χ0n) is 17.0. The van der Waals surface area contributed by atoms with Crippen LogP contribution in [0.15, 0.2) is 42.5 Å². The Morgan fingerprint density at radius 2 is 1.90 bits per heavy atom. The average Bonchev–Trinajstić information content (AvgIpc) is 3.05. The van der Waals surface area contributed by atoms with E-state index in [-0.39, 0.29) is 40.3 Å². The van der Waals surface area contributed by atoms with E-state index in [4.69, 9.17) is 4.74 Å². The number of rotatable bonds is 2. The van der Waals surface area contributed by atoms with Gasteiger partial charge in [-0.05, 0) is 73.3 Å². The van der Waals surface area contributed by atoms with Gasteiger partial charge in [0.25, 0.3) is 0 Å². The van der Waals surface area contributed by atoms with E-state index < -0.39 is 5.97 Å². The number of hydrogen-bond donors (Lipinski definition) is 2. The Morgan fingerprint density at radius 3 is 2.70 bits per heavy atom. The molecule has 3 aliphatic rings. The van der Waals surface area contributed by atoms with E-state index in [2.05, 4.69) is 6.92 Å². The molecule has 5 rings (SSSR count). The number of benzene rings is 2. The topological polar surface area (TPSA) is 83.8 Å². The zero-order chi connectivity index (χ0) is 21.0. The predicted octanol–water partition coefficient (Wildman–Crippen LogP) is 4.82. The van der Waals surface area contributed by atoms with Crippen molar-refractivity contribution < 1.29 is 24.5 Å². The summed E-state index contributed by atoms with van der Waals surface area (Å²) in [4.78, 5) is 25.6. The van der Waals surface area contributed by atoms with Crippen molar-refractivity contribution in [1.82, 2.24) is 0 Å². The lowest BCUT2D eigenvalue weighted by Crippen LogP contribution is -2.46. The number of aromatic hydroxyl groups is 2. The maximum absolute atomic E-state index is 12.8. The number of para-hydroxylation sites is 1. The molecule has 0 aliphatic heterocycles. The second-order valence-corrected chi connectivity index (χ2v) is 9.31. The van der Waals surface area contributed by atoms with Gasteiger partial charge in [-0.1, -0.05) is 25.1 Å². The van der Waals surface area contributed by atoms with Crippen molar-refractivity contribution in [3.05, 3.63) is 59.2 Å². The van der Waals surface area contributed by atoms with Gasteiger partial charge in [0.05, 0.1) is 0 Å². The number of fused-ring (bicyclic) bond motifs is 5. The Balaban J connectivity index is 1.40. The van der Waals surface area contributed by atoms with Crippen molar-refractivity contribution in [1.29, 1.82) is 0 Å². The Morgan fingerprint density at radius 1 is 1.10 bits per heavy atom. The summed E-state index contributed by atoms with van der Waals surface area (Å²) in [5, 5.41) is 19.8. The number of ether oxygens (including phenoxy) is 1. The Hall–Kier alpha value is -2.82. The van der Waals surface area contributed by atoms with Crippen molar-refractivity contribution in [2.24, 2.45) is 17.3 Å². The fourth-order valence-electron chi connectivity index (χ4n) is 6.38. The highest BCUT2D eigenvalue weighted by atomic mass is 16.5. The molecule has 2 fully saturated rings. The minimum atomic E-state index is -0.484. The van der Waals surface area contributed by atoms with E-state index in [9.17, 15) is 19.8 Å². The van der Waals surface area contributed by atoms with Crippen molar-refractivity contribution in [3.8, 4) is 11.5 Å². The molecule has 0 saturated heterocycles. The molecule has 0 heterocycles. The van der Waals surface area contributed by atoms with Crippen LogP contribution in [0.1, 0.15) is 71.2 Å². The van der Waals surface area contributed by atoms with Crippen molar-refractivity contribution in [2.75, 3.05) is 0 Å². The Labute approximate surface area is 175 Å². The molecule has 2 aromatic carbocycles. The highest BCUT2D eigenvalue weighted by Crippen LogP contribution is 2.61. The SMILES string of the molecule is C[C@]12CC[C@@H]3c4ccc(O)cc4C(=O)C[C@H]3[C@@H]1CC[C@@H]2OC(=O)c1ccccc1O. The van der Waals surface area contributed by atoms with Crippen LogP contribution in [0.3, 0.4) is 0 Å². The summed E-state index contributed by atoms with van der Waals surface area (Å²) >= 11 is 0. The second kappa shape index (κ2) is 6.86. The molecule has 5 nitrogen and oxygen atoms in total. The van der Waals surface area contributed by atoms with Gasteiger partial charge in [0.15, 0.2) is 5.78 Å². The molecule has 0 unspecified atom stereocenters. The number of carbonyl (C=O) groups excluding carboxylic acids is 2. The fraction of sp³-hybridized carbons (Fsp3) is 0.440. The summed E-state index contributed by atoms with van der Waals surface area (Å²) in [5.74, 6) is 0.543. The van der Waals surface area contributed by atoms with Crippen LogP contribution in [0, 0.1) is 17.3 Å². The van der Waals surface area contributed by atoms with Crippen LogP contribution in [0.2, 0.25) is 0 Å². The first-order valence-electron chi connectivity index (χ1n) is 10.7. The summed E-state index contributed by atoms with van der Waals surface area (Å²) in [5.41, 5.74) is 1.75. The van der Waals surface area contributed by atoms with Crippen molar-refractivity contribution in [3.63, 3.8) is 0 Å². The van der Waals surface area contributed by atoms with E-state index in [1.807, 2.05) is 6.07 Å². The number of Topliss-reactive ketones (excluding diaryl/α,β-unsaturated/α-hetero) is 1. The number of hydrogen-bond acceptors (Lipinski definition) is 5. The van der Waals surface area contributed by atoms with E-state index in [1.165, 1.54) is 6.07 Å². The third kappa shape index (κ3) is 2.83. The number of carbonyl (C=O) groups is 2.